The van der Waals surface area contributed by atoms with Crippen LogP contribution in [0.25, 0.3) is 21.6 Å². The van der Waals surface area contributed by atoms with Crippen LogP contribution in [0, 0.1) is 0 Å². The number of benzene rings is 1. The van der Waals surface area contributed by atoms with Crippen molar-refractivity contribution in [1.82, 2.24) is 9.97 Å². The van der Waals surface area contributed by atoms with Crippen LogP contribution in [-0.2, 0) is 9.84 Å². The van der Waals surface area contributed by atoms with Crippen molar-refractivity contribution in [1.29, 1.82) is 0 Å². The van der Waals surface area contributed by atoms with Crippen molar-refractivity contribution in [3.05, 3.63) is 47.5 Å². The molecule has 1 aromatic carbocycles. The maximum atomic E-state index is 11.6. The second-order valence-corrected chi connectivity index (χ2v) is 8.65. The molecule has 0 aliphatic carbocycles. The lowest BCUT2D eigenvalue weighted by Crippen LogP contribution is -2.04. The molecule has 1 atom stereocenters. The molecule has 1 aliphatic heterocycles. The molecule has 0 saturated carbocycles. The van der Waals surface area contributed by atoms with E-state index in [-0.39, 0.29) is 17.4 Å². The molecule has 1 fully saturated rings. The molecule has 1 aliphatic rings. The van der Waals surface area contributed by atoms with Crippen molar-refractivity contribution in [2.24, 2.45) is 0 Å². The summed E-state index contributed by atoms with van der Waals surface area (Å²) in [5.41, 5.74) is 2.67. The molecule has 0 N–H and O–H groups in total. The van der Waals surface area contributed by atoms with Crippen molar-refractivity contribution in [3.63, 3.8) is 0 Å². The molecule has 3 heterocycles. The topological polar surface area (TPSA) is 59.9 Å². The van der Waals surface area contributed by atoms with E-state index in [9.17, 15) is 8.42 Å². The van der Waals surface area contributed by atoms with E-state index < -0.39 is 9.84 Å². The molecule has 0 bridgehead atoms. The Morgan fingerprint density at radius 1 is 1.09 bits per heavy atom. The van der Waals surface area contributed by atoms with Gasteiger partial charge in [-0.05, 0) is 18.6 Å². The lowest BCUT2D eigenvalue weighted by Gasteiger charge is -2.02. The van der Waals surface area contributed by atoms with E-state index in [4.69, 9.17) is 0 Å². The van der Waals surface area contributed by atoms with E-state index in [1.54, 1.807) is 0 Å². The molecule has 4 nitrogen and oxygen atoms in total. The number of sulfone groups is 1. The highest BCUT2D eigenvalue weighted by molar-refractivity contribution is 7.91. The maximum Gasteiger partial charge on any atom is 0.151 e. The van der Waals surface area contributed by atoms with Gasteiger partial charge < -0.3 is 0 Å². The highest BCUT2D eigenvalue weighted by atomic mass is 32.2. The first kappa shape index (κ1) is 13.8. The van der Waals surface area contributed by atoms with Crippen LogP contribution in [0.15, 0.2) is 41.8 Å². The van der Waals surface area contributed by atoms with Gasteiger partial charge in [0.2, 0.25) is 0 Å². The standard InChI is InChI=1S/C16H14N2O2S2/c19-22(20)8-7-12(10-22)15-9-21-16(18-15)14-6-5-11-3-1-2-4-13(11)17-14/h1-6,9,12H,7-8,10H2. The summed E-state index contributed by atoms with van der Waals surface area (Å²) in [4.78, 5) is 9.27. The van der Waals surface area contributed by atoms with E-state index in [1.807, 2.05) is 41.8 Å². The minimum absolute atomic E-state index is 0.0375. The van der Waals surface area contributed by atoms with Gasteiger partial charge in [0.05, 0.1) is 28.4 Å². The Morgan fingerprint density at radius 3 is 2.77 bits per heavy atom. The number of rotatable bonds is 2. The van der Waals surface area contributed by atoms with Crippen molar-refractivity contribution in [2.75, 3.05) is 11.5 Å². The van der Waals surface area contributed by atoms with E-state index in [1.165, 1.54) is 11.3 Å². The molecule has 1 unspecified atom stereocenters. The summed E-state index contributed by atoms with van der Waals surface area (Å²) < 4.78 is 23.2. The van der Waals surface area contributed by atoms with Gasteiger partial charge in [0.25, 0.3) is 0 Å². The predicted molar refractivity (Wildman–Crippen MR) is 88.9 cm³/mol. The number of fused-ring (bicyclic) bond motifs is 1. The zero-order valence-corrected chi connectivity index (χ0v) is 13.4. The minimum atomic E-state index is -2.88. The van der Waals surface area contributed by atoms with Crippen LogP contribution in [0.5, 0.6) is 0 Å². The highest BCUT2D eigenvalue weighted by Gasteiger charge is 2.30. The average molecular weight is 330 g/mol. The highest BCUT2D eigenvalue weighted by Crippen LogP contribution is 2.32. The van der Waals surface area contributed by atoms with Crippen LogP contribution < -0.4 is 0 Å². The zero-order chi connectivity index (χ0) is 15.2. The first-order valence-electron chi connectivity index (χ1n) is 7.13. The summed E-state index contributed by atoms with van der Waals surface area (Å²) in [5.74, 6) is 0.538. The van der Waals surface area contributed by atoms with Gasteiger partial charge in [-0.1, -0.05) is 24.3 Å². The fourth-order valence-corrected chi connectivity index (χ4v) is 5.44. The third-order valence-corrected chi connectivity index (χ3v) is 6.64. The van der Waals surface area contributed by atoms with Gasteiger partial charge in [-0.15, -0.1) is 11.3 Å². The molecular formula is C16H14N2O2S2. The predicted octanol–water partition coefficient (Wildman–Crippen LogP) is 3.26. The van der Waals surface area contributed by atoms with Gasteiger partial charge in [0, 0.05) is 16.7 Å². The summed E-state index contributed by atoms with van der Waals surface area (Å²) in [7, 11) is -2.88. The Kier molecular flexibility index (Phi) is 3.23. The van der Waals surface area contributed by atoms with Crippen LogP contribution >= 0.6 is 11.3 Å². The Labute approximate surface area is 132 Å². The molecule has 4 rings (SSSR count). The van der Waals surface area contributed by atoms with Gasteiger partial charge in [0.1, 0.15) is 5.01 Å². The summed E-state index contributed by atoms with van der Waals surface area (Å²) in [6, 6.07) is 12.0. The van der Waals surface area contributed by atoms with Gasteiger partial charge in [-0.2, -0.15) is 0 Å². The second kappa shape index (κ2) is 5.14. The summed E-state index contributed by atoms with van der Waals surface area (Å²) in [5, 5.41) is 3.92. The lowest BCUT2D eigenvalue weighted by atomic mass is 10.1. The summed E-state index contributed by atoms with van der Waals surface area (Å²) in [6.07, 6.45) is 0.677. The number of hydrogen-bond acceptors (Lipinski definition) is 5. The SMILES string of the molecule is O=S1(=O)CCC(c2csc(-c3ccc4ccccc4n3)n2)C1. The molecular weight excluding hydrogens is 316 g/mol. The smallest absolute Gasteiger partial charge is 0.151 e. The third-order valence-electron chi connectivity index (χ3n) is 3.99. The van der Waals surface area contributed by atoms with E-state index in [2.05, 4.69) is 9.97 Å². The molecule has 2 aromatic heterocycles. The molecule has 0 amide bonds. The van der Waals surface area contributed by atoms with Crippen molar-refractivity contribution >= 4 is 32.1 Å². The van der Waals surface area contributed by atoms with E-state index in [0.717, 1.165) is 27.3 Å². The molecule has 0 radical (unpaired) electrons. The van der Waals surface area contributed by atoms with Crippen LogP contribution in [0.1, 0.15) is 18.0 Å². The minimum Gasteiger partial charge on any atom is -0.245 e. The van der Waals surface area contributed by atoms with Gasteiger partial charge in [-0.25, -0.2) is 18.4 Å². The largest absolute Gasteiger partial charge is 0.245 e. The van der Waals surface area contributed by atoms with Crippen LogP contribution in [0.2, 0.25) is 0 Å². The fraction of sp³-hybridized carbons (Fsp3) is 0.250. The van der Waals surface area contributed by atoms with E-state index >= 15 is 0 Å². The third kappa shape index (κ3) is 2.53. The lowest BCUT2D eigenvalue weighted by molar-refractivity contribution is 0.601. The van der Waals surface area contributed by atoms with Crippen molar-refractivity contribution < 1.29 is 8.42 Å². The van der Waals surface area contributed by atoms with Gasteiger partial charge in [-0.3, -0.25) is 0 Å². The second-order valence-electron chi connectivity index (χ2n) is 5.57. The zero-order valence-electron chi connectivity index (χ0n) is 11.8. The Morgan fingerprint density at radius 2 is 1.95 bits per heavy atom. The molecule has 1 saturated heterocycles. The Bertz CT molecular complexity index is 947. The quantitative estimate of drug-likeness (QED) is 0.723. The number of hydrogen-bond donors (Lipinski definition) is 0. The van der Waals surface area contributed by atoms with Crippen molar-refractivity contribution in [3.8, 4) is 10.7 Å². The molecule has 22 heavy (non-hydrogen) atoms. The van der Waals surface area contributed by atoms with Gasteiger partial charge in [0.15, 0.2) is 9.84 Å². The van der Waals surface area contributed by atoms with E-state index in [0.29, 0.717) is 6.42 Å². The monoisotopic (exact) mass is 330 g/mol. The molecule has 112 valence electrons. The molecule has 3 aromatic rings. The summed E-state index contributed by atoms with van der Waals surface area (Å²) in [6.45, 7) is 0. The number of pyridine rings is 1. The Hall–Kier alpha value is -1.79. The average Bonchev–Trinajstić information content (AvgIpc) is 3.13. The number of aromatic nitrogens is 2. The van der Waals surface area contributed by atoms with Crippen molar-refractivity contribution in [2.45, 2.75) is 12.3 Å². The molecule has 0 spiro atoms. The fourth-order valence-electron chi connectivity index (χ4n) is 2.80. The molecule has 6 heteroatoms. The normalized spacial score (nSPS) is 20.5. The maximum absolute atomic E-state index is 11.6. The van der Waals surface area contributed by atoms with Crippen LogP contribution in [0.4, 0.5) is 0 Å². The first-order chi connectivity index (χ1) is 10.6. The van der Waals surface area contributed by atoms with Crippen LogP contribution in [-0.4, -0.2) is 29.9 Å². The number of para-hydroxylation sites is 1. The number of thiazole rings is 1. The first-order valence-corrected chi connectivity index (χ1v) is 9.83. The summed E-state index contributed by atoms with van der Waals surface area (Å²) >= 11 is 1.53. The van der Waals surface area contributed by atoms with Gasteiger partial charge >= 0.3 is 0 Å². The van der Waals surface area contributed by atoms with Crippen LogP contribution in [0.3, 0.4) is 0 Å². The number of nitrogens with zero attached hydrogens (tertiary/aromatic N) is 2. The Balaban J connectivity index is 1.68.